The van der Waals surface area contributed by atoms with E-state index in [0.717, 1.165) is 38.5 Å². The molecule has 5 rings (SSSR count). The van der Waals surface area contributed by atoms with Gasteiger partial charge in [-0.3, -0.25) is 9.59 Å². The van der Waals surface area contributed by atoms with Crippen molar-refractivity contribution in [1.82, 2.24) is 0 Å². The van der Waals surface area contributed by atoms with E-state index in [9.17, 15) is 9.59 Å². The second-order valence-corrected chi connectivity index (χ2v) is 11.6. The lowest BCUT2D eigenvalue weighted by molar-refractivity contribution is -0.150. The zero-order valence-corrected chi connectivity index (χ0v) is 19.2. The molecule has 0 aromatic rings. The van der Waals surface area contributed by atoms with Gasteiger partial charge in [-0.25, -0.2) is 0 Å². The highest BCUT2D eigenvalue weighted by atomic mass is 16.5. The van der Waals surface area contributed by atoms with E-state index in [4.69, 9.17) is 4.74 Å². The van der Waals surface area contributed by atoms with E-state index in [-0.39, 0.29) is 28.3 Å². The molecule has 0 aromatic heterocycles. The molecule has 164 valence electrons. The van der Waals surface area contributed by atoms with Crippen LogP contribution < -0.4 is 0 Å². The van der Waals surface area contributed by atoms with Crippen molar-refractivity contribution in [1.29, 1.82) is 0 Å². The normalized spacial score (nSPS) is 49.2. The Morgan fingerprint density at radius 2 is 1.83 bits per heavy atom. The number of rotatable bonds is 2. The topological polar surface area (TPSA) is 43.4 Å². The summed E-state index contributed by atoms with van der Waals surface area (Å²) < 4.78 is 5.59. The van der Waals surface area contributed by atoms with Crippen LogP contribution in [0.3, 0.4) is 0 Å². The molecule has 0 heterocycles. The van der Waals surface area contributed by atoms with Crippen LogP contribution in [0.25, 0.3) is 0 Å². The van der Waals surface area contributed by atoms with Crippen molar-refractivity contribution in [2.45, 2.75) is 91.6 Å². The van der Waals surface area contributed by atoms with Gasteiger partial charge in [-0.2, -0.15) is 0 Å². The summed E-state index contributed by atoms with van der Waals surface area (Å²) in [6.45, 7) is 8.38. The van der Waals surface area contributed by atoms with E-state index in [1.165, 1.54) is 26.2 Å². The molecule has 0 N–H and O–H groups in total. The molecule has 0 saturated heterocycles. The Morgan fingerprint density at radius 3 is 2.57 bits per heavy atom. The van der Waals surface area contributed by atoms with Gasteiger partial charge in [0, 0.05) is 18.8 Å². The molecular formula is C27H38O3. The SMILES string of the molecule is CC(=O)O[C@H]1CC[C@@]2(C)C(=CC[C@@H]3[C@@H]2CC[C@@]2(C)[C@H]3C[C@@H]3CC=CC[C@]32C(C)=O)C1. The summed E-state index contributed by atoms with van der Waals surface area (Å²) >= 11 is 0. The molecular weight excluding hydrogens is 372 g/mol. The van der Waals surface area contributed by atoms with Crippen LogP contribution in [-0.2, 0) is 14.3 Å². The standard InChI is InChI=1S/C27H38O3/c1-17(28)27-12-6-5-7-20(27)16-24-22-9-8-19-15-21(30-18(2)29)10-13-25(19,3)23(22)11-14-26(24,27)4/h5-6,8,20-24H,7,9-16H2,1-4H3/t20-,21-,22+,23-,24-,25-,26-,27-/m0/s1. The lowest BCUT2D eigenvalue weighted by Gasteiger charge is -2.60. The van der Waals surface area contributed by atoms with Crippen LogP contribution in [0, 0.1) is 39.9 Å². The average Bonchev–Trinajstić information content (AvgIpc) is 2.98. The fourth-order valence-corrected chi connectivity index (χ4v) is 9.31. The quantitative estimate of drug-likeness (QED) is 0.412. The van der Waals surface area contributed by atoms with Gasteiger partial charge in [-0.05, 0) is 92.8 Å². The van der Waals surface area contributed by atoms with Gasteiger partial charge in [0.15, 0.2) is 0 Å². The zero-order valence-electron chi connectivity index (χ0n) is 19.2. The van der Waals surface area contributed by atoms with Crippen molar-refractivity contribution in [2.75, 3.05) is 0 Å². The van der Waals surface area contributed by atoms with Crippen LogP contribution in [0.2, 0.25) is 0 Å². The van der Waals surface area contributed by atoms with Crippen molar-refractivity contribution < 1.29 is 14.3 Å². The van der Waals surface area contributed by atoms with Crippen LogP contribution >= 0.6 is 0 Å². The predicted octanol–water partition coefficient (Wildman–Crippen LogP) is 6.03. The Hall–Kier alpha value is -1.38. The van der Waals surface area contributed by atoms with E-state index < -0.39 is 0 Å². The number of hydrogen-bond donors (Lipinski definition) is 0. The first-order chi connectivity index (χ1) is 14.2. The number of fused-ring (bicyclic) bond motifs is 7. The minimum atomic E-state index is -0.150. The third-order valence-electron chi connectivity index (χ3n) is 10.7. The number of carbonyl (C=O) groups excluding carboxylic acids is 2. The zero-order chi connectivity index (χ0) is 21.3. The molecule has 5 aliphatic rings. The van der Waals surface area contributed by atoms with Crippen LogP contribution in [0.4, 0.5) is 0 Å². The molecule has 0 bridgehead atoms. The van der Waals surface area contributed by atoms with E-state index in [0.29, 0.717) is 29.5 Å². The number of ether oxygens (including phenoxy) is 1. The molecule has 3 saturated carbocycles. The second-order valence-electron chi connectivity index (χ2n) is 11.6. The number of Topliss-reactive ketones (excluding diaryl/α,β-unsaturated/α-hetero) is 1. The smallest absolute Gasteiger partial charge is 0.302 e. The average molecular weight is 411 g/mol. The number of allylic oxidation sites excluding steroid dienone is 3. The minimum absolute atomic E-state index is 0.0636. The van der Waals surface area contributed by atoms with Crippen LogP contribution in [0.15, 0.2) is 23.8 Å². The molecule has 5 aliphatic carbocycles. The first kappa shape index (κ1) is 20.5. The number of carbonyl (C=O) groups is 2. The second kappa shape index (κ2) is 6.81. The monoisotopic (exact) mass is 410 g/mol. The lowest BCUT2D eigenvalue weighted by atomic mass is 9.44. The van der Waals surface area contributed by atoms with Crippen LogP contribution in [0.1, 0.15) is 85.5 Å². The Balaban J connectivity index is 1.47. The molecule has 8 atom stereocenters. The Morgan fingerprint density at radius 1 is 1.03 bits per heavy atom. The summed E-state index contributed by atoms with van der Waals surface area (Å²) in [4.78, 5) is 24.6. The highest BCUT2D eigenvalue weighted by Crippen LogP contribution is 2.73. The van der Waals surface area contributed by atoms with Crippen molar-refractivity contribution in [3.63, 3.8) is 0 Å². The van der Waals surface area contributed by atoms with Gasteiger partial charge >= 0.3 is 5.97 Å². The molecule has 0 aliphatic heterocycles. The molecule has 0 radical (unpaired) electrons. The third kappa shape index (κ3) is 2.56. The van der Waals surface area contributed by atoms with E-state index in [1.54, 1.807) is 5.57 Å². The molecule has 0 unspecified atom stereocenters. The van der Waals surface area contributed by atoms with Crippen molar-refractivity contribution in [2.24, 2.45) is 39.9 Å². The molecule has 0 aromatic carbocycles. The lowest BCUT2D eigenvalue weighted by Crippen LogP contribution is -2.55. The van der Waals surface area contributed by atoms with Gasteiger partial charge in [0.2, 0.25) is 0 Å². The van der Waals surface area contributed by atoms with Crippen molar-refractivity contribution >= 4 is 11.8 Å². The minimum Gasteiger partial charge on any atom is -0.462 e. The highest BCUT2D eigenvalue weighted by Gasteiger charge is 2.68. The summed E-state index contributed by atoms with van der Waals surface area (Å²) in [6, 6.07) is 0. The summed E-state index contributed by atoms with van der Waals surface area (Å²) in [5, 5.41) is 0. The van der Waals surface area contributed by atoms with Crippen LogP contribution in [0.5, 0.6) is 0 Å². The summed E-state index contributed by atoms with van der Waals surface area (Å²) in [5.41, 5.74) is 1.81. The van der Waals surface area contributed by atoms with E-state index in [2.05, 4.69) is 32.1 Å². The maximum Gasteiger partial charge on any atom is 0.302 e. The largest absolute Gasteiger partial charge is 0.462 e. The van der Waals surface area contributed by atoms with Gasteiger partial charge in [-0.1, -0.05) is 37.6 Å². The van der Waals surface area contributed by atoms with Gasteiger partial charge in [-0.15, -0.1) is 0 Å². The predicted molar refractivity (Wildman–Crippen MR) is 118 cm³/mol. The van der Waals surface area contributed by atoms with Gasteiger partial charge < -0.3 is 4.74 Å². The first-order valence-electron chi connectivity index (χ1n) is 12.2. The number of esters is 1. The Kier molecular flexibility index (Phi) is 4.66. The van der Waals surface area contributed by atoms with Crippen molar-refractivity contribution in [3.05, 3.63) is 23.8 Å². The van der Waals surface area contributed by atoms with Gasteiger partial charge in [0.1, 0.15) is 11.9 Å². The number of ketones is 1. The van der Waals surface area contributed by atoms with Crippen molar-refractivity contribution in [3.8, 4) is 0 Å². The Bertz CT molecular complexity index is 824. The summed E-state index contributed by atoms with van der Waals surface area (Å²) in [5.74, 6) is 2.90. The molecule has 3 nitrogen and oxygen atoms in total. The van der Waals surface area contributed by atoms with E-state index in [1.807, 2.05) is 6.92 Å². The van der Waals surface area contributed by atoms with Crippen LogP contribution in [-0.4, -0.2) is 17.9 Å². The molecule has 3 fully saturated rings. The van der Waals surface area contributed by atoms with E-state index >= 15 is 0 Å². The Labute approximate surface area is 181 Å². The summed E-state index contributed by atoms with van der Waals surface area (Å²) in [7, 11) is 0. The highest BCUT2D eigenvalue weighted by molar-refractivity contribution is 5.85. The number of hydrogen-bond acceptors (Lipinski definition) is 3. The van der Waals surface area contributed by atoms with Gasteiger partial charge in [0.25, 0.3) is 0 Å². The first-order valence-corrected chi connectivity index (χ1v) is 12.2. The molecule has 0 amide bonds. The molecule has 30 heavy (non-hydrogen) atoms. The summed E-state index contributed by atoms with van der Waals surface area (Å²) in [6.07, 6.45) is 17.1. The fraction of sp³-hybridized carbons (Fsp3) is 0.778. The third-order valence-corrected chi connectivity index (χ3v) is 10.7. The maximum absolute atomic E-state index is 13.2. The molecule has 0 spiro atoms. The molecule has 3 heteroatoms. The van der Waals surface area contributed by atoms with Gasteiger partial charge in [0.05, 0.1) is 0 Å². The fourth-order valence-electron chi connectivity index (χ4n) is 9.31. The maximum atomic E-state index is 13.2.